The number of hydrogen-bond donors (Lipinski definition) is 0. The summed E-state index contributed by atoms with van der Waals surface area (Å²) in [5.74, 6) is -0.560. The minimum atomic E-state index is -0.383. The van der Waals surface area contributed by atoms with E-state index in [0.29, 0.717) is 12.3 Å². The molecule has 92 valence electrons. The van der Waals surface area contributed by atoms with Gasteiger partial charge in [-0.05, 0) is 18.6 Å². The first-order chi connectivity index (χ1) is 8.15. The Bertz CT molecular complexity index is 376. The van der Waals surface area contributed by atoms with Crippen molar-refractivity contribution >= 4 is 17.6 Å². The fraction of sp³-hybridized carbons (Fsp3) is 0.385. The van der Waals surface area contributed by atoms with Crippen LogP contribution in [0.5, 0.6) is 0 Å². The van der Waals surface area contributed by atoms with Crippen molar-refractivity contribution in [3.05, 3.63) is 30.3 Å². The van der Waals surface area contributed by atoms with Gasteiger partial charge < -0.3 is 9.64 Å². The van der Waals surface area contributed by atoms with Crippen LogP contribution in [-0.2, 0) is 14.3 Å². The first-order valence-electron chi connectivity index (χ1n) is 5.64. The minimum Gasteiger partial charge on any atom is -0.464 e. The summed E-state index contributed by atoms with van der Waals surface area (Å²) in [6.07, 6.45) is 0.775. The molecule has 0 fully saturated rings. The van der Waals surface area contributed by atoms with Crippen LogP contribution in [0.25, 0.3) is 0 Å². The maximum Gasteiger partial charge on any atom is 0.326 e. The van der Waals surface area contributed by atoms with E-state index in [2.05, 4.69) is 0 Å². The van der Waals surface area contributed by atoms with Gasteiger partial charge in [-0.15, -0.1) is 0 Å². The standard InChI is InChI=1S/C13H17NO3/c1-3-9-17-13(16)10-14(11(2)15)12-7-5-4-6-8-12/h4-8H,3,9-10H2,1-2H3. The van der Waals surface area contributed by atoms with Crippen molar-refractivity contribution in [2.24, 2.45) is 0 Å². The number of anilines is 1. The first-order valence-corrected chi connectivity index (χ1v) is 5.64. The third-order valence-corrected chi connectivity index (χ3v) is 2.20. The largest absolute Gasteiger partial charge is 0.464 e. The summed E-state index contributed by atoms with van der Waals surface area (Å²) in [7, 11) is 0. The summed E-state index contributed by atoms with van der Waals surface area (Å²) < 4.78 is 4.96. The molecule has 0 bridgehead atoms. The lowest BCUT2D eigenvalue weighted by Gasteiger charge is -2.19. The molecule has 0 aliphatic heterocycles. The normalized spacial score (nSPS) is 9.76. The number of ether oxygens (including phenoxy) is 1. The highest BCUT2D eigenvalue weighted by atomic mass is 16.5. The lowest BCUT2D eigenvalue weighted by atomic mass is 10.3. The van der Waals surface area contributed by atoms with Crippen LogP contribution in [0.3, 0.4) is 0 Å². The van der Waals surface area contributed by atoms with Crippen LogP contribution in [-0.4, -0.2) is 25.0 Å². The second-order valence-electron chi connectivity index (χ2n) is 3.66. The molecule has 0 N–H and O–H groups in total. The van der Waals surface area contributed by atoms with Crippen LogP contribution in [0.15, 0.2) is 30.3 Å². The van der Waals surface area contributed by atoms with Gasteiger partial charge >= 0.3 is 5.97 Å². The van der Waals surface area contributed by atoms with E-state index in [4.69, 9.17) is 4.74 Å². The molecule has 4 heteroatoms. The molecular weight excluding hydrogens is 218 g/mol. The summed E-state index contributed by atoms with van der Waals surface area (Å²) in [5, 5.41) is 0. The molecule has 0 atom stereocenters. The predicted molar refractivity (Wildman–Crippen MR) is 65.7 cm³/mol. The second-order valence-corrected chi connectivity index (χ2v) is 3.66. The molecule has 1 amide bonds. The number of carbonyl (C=O) groups excluding carboxylic acids is 2. The SMILES string of the molecule is CCCOC(=O)CN(C(C)=O)c1ccccc1. The zero-order chi connectivity index (χ0) is 12.7. The second kappa shape index (κ2) is 6.68. The van der Waals surface area contributed by atoms with Gasteiger partial charge in [-0.1, -0.05) is 25.1 Å². The van der Waals surface area contributed by atoms with Gasteiger partial charge in [0.25, 0.3) is 0 Å². The predicted octanol–water partition coefficient (Wildman–Crippen LogP) is 1.99. The van der Waals surface area contributed by atoms with Gasteiger partial charge in [0.1, 0.15) is 6.54 Å². The van der Waals surface area contributed by atoms with Crippen LogP contribution in [0.4, 0.5) is 5.69 Å². The average Bonchev–Trinajstić information content (AvgIpc) is 2.34. The van der Waals surface area contributed by atoms with Gasteiger partial charge in [-0.25, -0.2) is 0 Å². The Morgan fingerprint density at radius 2 is 1.88 bits per heavy atom. The van der Waals surface area contributed by atoms with Gasteiger partial charge in [-0.2, -0.15) is 0 Å². The lowest BCUT2D eigenvalue weighted by molar-refractivity contribution is -0.142. The van der Waals surface area contributed by atoms with Crippen LogP contribution >= 0.6 is 0 Å². The van der Waals surface area contributed by atoms with Gasteiger partial charge in [0.05, 0.1) is 6.61 Å². The minimum absolute atomic E-state index is 0.0423. The van der Waals surface area contributed by atoms with E-state index in [0.717, 1.165) is 6.42 Å². The first kappa shape index (κ1) is 13.2. The van der Waals surface area contributed by atoms with E-state index in [9.17, 15) is 9.59 Å². The lowest BCUT2D eigenvalue weighted by Crippen LogP contribution is -2.34. The number of benzene rings is 1. The molecule has 0 aliphatic carbocycles. The van der Waals surface area contributed by atoms with Crippen molar-refractivity contribution in [3.63, 3.8) is 0 Å². The zero-order valence-corrected chi connectivity index (χ0v) is 10.2. The van der Waals surface area contributed by atoms with Gasteiger partial charge in [0, 0.05) is 12.6 Å². The van der Waals surface area contributed by atoms with E-state index in [-0.39, 0.29) is 18.4 Å². The number of carbonyl (C=O) groups is 2. The van der Waals surface area contributed by atoms with E-state index < -0.39 is 0 Å². The van der Waals surface area contributed by atoms with Crippen LogP contribution in [0.2, 0.25) is 0 Å². The number of rotatable bonds is 5. The topological polar surface area (TPSA) is 46.6 Å². The van der Waals surface area contributed by atoms with E-state index in [1.54, 1.807) is 12.1 Å². The van der Waals surface area contributed by atoms with E-state index >= 15 is 0 Å². The van der Waals surface area contributed by atoms with Crippen molar-refractivity contribution in [2.75, 3.05) is 18.1 Å². The van der Waals surface area contributed by atoms with Crippen LogP contribution in [0.1, 0.15) is 20.3 Å². The van der Waals surface area contributed by atoms with E-state index in [1.807, 2.05) is 25.1 Å². The Labute approximate surface area is 101 Å². The molecular formula is C13H17NO3. The Morgan fingerprint density at radius 3 is 2.41 bits per heavy atom. The molecule has 1 rings (SSSR count). The van der Waals surface area contributed by atoms with Crippen molar-refractivity contribution in [1.29, 1.82) is 0 Å². The van der Waals surface area contributed by atoms with Crippen molar-refractivity contribution in [3.8, 4) is 0 Å². The highest BCUT2D eigenvalue weighted by Gasteiger charge is 2.15. The quantitative estimate of drug-likeness (QED) is 0.733. The number of esters is 1. The third-order valence-electron chi connectivity index (χ3n) is 2.20. The summed E-state index contributed by atoms with van der Waals surface area (Å²) in [6.45, 7) is 3.70. The smallest absolute Gasteiger partial charge is 0.326 e. The highest BCUT2D eigenvalue weighted by Crippen LogP contribution is 2.13. The van der Waals surface area contributed by atoms with Crippen molar-refractivity contribution in [2.45, 2.75) is 20.3 Å². The maximum atomic E-state index is 11.5. The molecule has 0 saturated carbocycles. The van der Waals surface area contributed by atoms with Gasteiger partial charge in [-0.3, -0.25) is 9.59 Å². The Morgan fingerprint density at radius 1 is 1.24 bits per heavy atom. The fourth-order valence-electron chi connectivity index (χ4n) is 1.38. The zero-order valence-electron chi connectivity index (χ0n) is 10.2. The van der Waals surface area contributed by atoms with Crippen molar-refractivity contribution < 1.29 is 14.3 Å². The number of nitrogens with zero attached hydrogens (tertiary/aromatic N) is 1. The highest BCUT2D eigenvalue weighted by molar-refractivity contribution is 5.96. The molecule has 0 radical (unpaired) electrons. The van der Waals surface area contributed by atoms with E-state index in [1.165, 1.54) is 11.8 Å². The van der Waals surface area contributed by atoms with Crippen LogP contribution in [0, 0.1) is 0 Å². The Hall–Kier alpha value is -1.84. The van der Waals surface area contributed by atoms with Gasteiger partial charge in [0.15, 0.2) is 0 Å². The number of hydrogen-bond acceptors (Lipinski definition) is 3. The summed E-state index contributed by atoms with van der Waals surface area (Å²) >= 11 is 0. The molecule has 0 aromatic heterocycles. The Kier molecular flexibility index (Phi) is 5.20. The van der Waals surface area contributed by atoms with Gasteiger partial charge in [0.2, 0.25) is 5.91 Å². The third kappa shape index (κ3) is 4.26. The Balaban J connectivity index is 2.68. The molecule has 1 aromatic carbocycles. The molecule has 0 aliphatic rings. The summed E-state index contributed by atoms with van der Waals surface area (Å²) in [6, 6.07) is 9.07. The van der Waals surface area contributed by atoms with Crippen molar-refractivity contribution in [1.82, 2.24) is 0 Å². The molecule has 0 spiro atoms. The number of para-hydroxylation sites is 1. The monoisotopic (exact) mass is 235 g/mol. The summed E-state index contributed by atoms with van der Waals surface area (Å²) in [4.78, 5) is 24.3. The fourth-order valence-corrected chi connectivity index (χ4v) is 1.38. The maximum absolute atomic E-state index is 11.5. The molecule has 4 nitrogen and oxygen atoms in total. The molecule has 0 unspecified atom stereocenters. The molecule has 0 heterocycles. The average molecular weight is 235 g/mol. The number of amides is 1. The molecule has 0 saturated heterocycles. The molecule has 1 aromatic rings. The molecule has 17 heavy (non-hydrogen) atoms. The van der Waals surface area contributed by atoms with Crippen LogP contribution < -0.4 is 4.90 Å². The summed E-state index contributed by atoms with van der Waals surface area (Å²) in [5.41, 5.74) is 0.702.